The van der Waals surface area contributed by atoms with Gasteiger partial charge in [0.2, 0.25) is 16.0 Å². The van der Waals surface area contributed by atoms with Gasteiger partial charge in [-0.05, 0) is 45.8 Å². The van der Waals surface area contributed by atoms with Crippen molar-refractivity contribution in [2.75, 3.05) is 56.7 Å². The van der Waals surface area contributed by atoms with Gasteiger partial charge in [-0.15, -0.1) is 0 Å². The van der Waals surface area contributed by atoms with Gasteiger partial charge in [0.25, 0.3) is 0 Å². The van der Waals surface area contributed by atoms with E-state index in [1.165, 1.54) is 10.6 Å². The molecule has 5 heterocycles. The van der Waals surface area contributed by atoms with Gasteiger partial charge in [0.05, 0.1) is 23.7 Å². The third kappa shape index (κ3) is 5.24. The first-order chi connectivity index (χ1) is 16.8. The first-order valence-corrected chi connectivity index (χ1v) is 13.9. The van der Waals surface area contributed by atoms with Crippen LogP contribution >= 0.6 is 0 Å². The topological polar surface area (TPSA) is 123 Å². The number of anilines is 2. The molecule has 2 N–H and O–H groups in total. The van der Waals surface area contributed by atoms with Crippen LogP contribution in [0.25, 0.3) is 22.4 Å². The van der Waals surface area contributed by atoms with Crippen LogP contribution in [0.5, 0.6) is 0 Å². The van der Waals surface area contributed by atoms with Gasteiger partial charge >= 0.3 is 0 Å². The molecule has 0 bridgehead atoms. The van der Waals surface area contributed by atoms with Crippen LogP contribution in [0, 0.1) is 0 Å². The number of hydrogen-bond acceptors (Lipinski definition) is 9. The monoisotopic (exact) mass is 501 g/mol. The number of fused-ring (bicyclic) bond motifs is 1. The van der Waals surface area contributed by atoms with Crippen molar-refractivity contribution in [1.29, 1.82) is 0 Å². The minimum absolute atomic E-state index is 0. The summed E-state index contributed by atoms with van der Waals surface area (Å²) < 4.78 is 25.8. The van der Waals surface area contributed by atoms with Gasteiger partial charge in [0.1, 0.15) is 11.3 Å². The van der Waals surface area contributed by atoms with E-state index in [4.69, 9.17) is 15.0 Å². The van der Waals surface area contributed by atoms with Crippen LogP contribution in [-0.4, -0.2) is 101 Å². The standard InChI is InChI=1S/C23H33N9O2S.H2/c1-30(2)17-7-11-31(12-8-17)23-26-13-18(20-14-25-22-19(28-20)6-9-24-22)21(29-23)27-16-5-4-10-32(15-16)35(3,33)34;/h6,9,13-14,16-17H,4-5,7-8,10-12,15H2,1-3H3,(H,24,25)(H,26,27,29);1H/t16-;/m0./s1. The fraction of sp³-hybridized carbons (Fsp3) is 0.565. The number of aromatic amines is 1. The molecular weight excluding hydrogens is 466 g/mol. The summed E-state index contributed by atoms with van der Waals surface area (Å²) in [6.07, 6.45) is 10.4. The lowest BCUT2D eigenvalue weighted by Gasteiger charge is -2.35. The average Bonchev–Trinajstić information content (AvgIpc) is 3.32. The van der Waals surface area contributed by atoms with Gasteiger partial charge in [-0.2, -0.15) is 4.98 Å². The van der Waals surface area contributed by atoms with Crippen molar-refractivity contribution in [3.63, 3.8) is 0 Å². The Labute approximate surface area is 207 Å². The average molecular weight is 502 g/mol. The van der Waals surface area contributed by atoms with E-state index >= 15 is 0 Å². The smallest absolute Gasteiger partial charge is 0.227 e. The Morgan fingerprint density at radius 3 is 2.66 bits per heavy atom. The molecule has 12 heteroatoms. The Morgan fingerprint density at radius 2 is 1.91 bits per heavy atom. The van der Waals surface area contributed by atoms with Crippen molar-refractivity contribution in [2.45, 2.75) is 37.8 Å². The predicted octanol–water partition coefficient (Wildman–Crippen LogP) is 2.03. The van der Waals surface area contributed by atoms with Crippen molar-refractivity contribution < 1.29 is 9.84 Å². The Balaban J connectivity index is 0.00000304. The van der Waals surface area contributed by atoms with Crippen LogP contribution in [0.4, 0.5) is 11.8 Å². The minimum Gasteiger partial charge on any atom is -0.365 e. The third-order valence-corrected chi connectivity index (χ3v) is 8.25. The molecule has 0 amide bonds. The van der Waals surface area contributed by atoms with Crippen LogP contribution in [0.15, 0.2) is 24.7 Å². The van der Waals surface area contributed by atoms with Crippen molar-refractivity contribution in [3.8, 4) is 11.3 Å². The molecule has 0 saturated carbocycles. The molecule has 0 spiro atoms. The summed E-state index contributed by atoms with van der Waals surface area (Å²) in [5.74, 6) is 1.34. The molecule has 190 valence electrons. The zero-order valence-electron chi connectivity index (χ0n) is 20.5. The molecule has 2 aliphatic rings. The molecule has 2 aliphatic heterocycles. The van der Waals surface area contributed by atoms with Gasteiger partial charge in [-0.1, -0.05) is 0 Å². The number of rotatable bonds is 6. The fourth-order valence-electron chi connectivity index (χ4n) is 4.92. The second-order valence-corrected chi connectivity index (χ2v) is 11.7. The summed E-state index contributed by atoms with van der Waals surface area (Å²) in [6.45, 7) is 2.74. The molecular formula is C23H35N9O2S. The summed E-state index contributed by atoms with van der Waals surface area (Å²) in [6, 6.07) is 2.40. The number of hydrogen-bond donors (Lipinski definition) is 2. The second-order valence-electron chi connectivity index (χ2n) is 9.69. The SMILES string of the molecule is CN(C)C1CCN(c2ncc(-c3cnc4[nH]ccc4n3)c(N[C@H]3CCCN(S(C)(=O)=O)C3)n2)CC1.[HH]. The molecule has 0 aliphatic carbocycles. The Morgan fingerprint density at radius 1 is 1.11 bits per heavy atom. The summed E-state index contributed by atoms with van der Waals surface area (Å²) in [5.41, 5.74) is 2.92. The molecule has 0 radical (unpaired) electrons. The van der Waals surface area contributed by atoms with Crippen LogP contribution in [0.1, 0.15) is 27.1 Å². The molecule has 35 heavy (non-hydrogen) atoms. The summed E-state index contributed by atoms with van der Waals surface area (Å²) in [7, 11) is 1.00. The molecule has 1 atom stereocenters. The van der Waals surface area contributed by atoms with Crippen LogP contribution < -0.4 is 10.2 Å². The highest BCUT2D eigenvalue weighted by Gasteiger charge is 2.28. The quantitative estimate of drug-likeness (QED) is 0.522. The highest BCUT2D eigenvalue weighted by atomic mass is 32.2. The lowest BCUT2D eigenvalue weighted by atomic mass is 10.0. The maximum absolute atomic E-state index is 12.1. The Bertz CT molecular complexity index is 1290. The zero-order chi connectivity index (χ0) is 24.6. The lowest BCUT2D eigenvalue weighted by Crippen LogP contribution is -2.45. The number of nitrogens with zero attached hydrogens (tertiary/aromatic N) is 7. The van der Waals surface area contributed by atoms with Crippen molar-refractivity contribution >= 4 is 33.0 Å². The second kappa shape index (κ2) is 9.67. The van der Waals surface area contributed by atoms with E-state index in [0.717, 1.165) is 55.5 Å². The highest BCUT2D eigenvalue weighted by molar-refractivity contribution is 7.88. The third-order valence-electron chi connectivity index (χ3n) is 6.98. The van der Waals surface area contributed by atoms with Gasteiger partial charge in [0, 0.05) is 52.1 Å². The number of H-pyrrole nitrogens is 1. The van der Waals surface area contributed by atoms with E-state index in [2.05, 4.69) is 39.2 Å². The fourth-order valence-corrected chi connectivity index (χ4v) is 5.83. The first-order valence-electron chi connectivity index (χ1n) is 12.1. The molecule has 2 saturated heterocycles. The zero-order valence-corrected chi connectivity index (χ0v) is 21.3. The highest BCUT2D eigenvalue weighted by Crippen LogP contribution is 2.30. The van der Waals surface area contributed by atoms with E-state index in [1.54, 1.807) is 6.20 Å². The van der Waals surface area contributed by atoms with E-state index in [1.807, 2.05) is 18.5 Å². The predicted molar refractivity (Wildman–Crippen MR) is 139 cm³/mol. The Hall–Kier alpha value is -2.83. The van der Waals surface area contributed by atoms with Gasteiger partial charge in [-0.25, -0.2) is 27.7 Å². The summed E-state index contributed by atoms with van der Waals surface area (Å²) in [5, 5.41) is 3.53. The molecule has 3 aromatic rings. The van der Waals surface area contributed by atoms with Gasteiger partial charge in [0.15, 0.2) is 5.65 Å². The van der Waals surface area contributed by atoms with E-state index in [9.17, 15) is 8.42 Å². The normalized spacial score (nSPS) is 20.6. The summed E-state index contributed by atoms with van der Waals surface area (Å²) in [4.78, 5) is 26.4. The number of piperidine rings is 2. The van der Waals surface area contributed by atoms with E-state index in [0.29, 0.717) is 36.6 Å². The molecule has 5 rings (SSSR count). The molecule has 0 aromatic carbocycles. The molecule has 3 aromatic heterocycles. The maximum atomic E-state index is 12.1. The number of aromatic nitrogens is 5. The number of nitrogens with one attached hydrogen (secondary N) is 2. The first kappa shape index (κ1) is 23.9. The largest absolute Gasteiger partial charge is 0.365 e. The maximum Gasteiger partial charge on any atom is 0.227 e. The van der Waals surface area contributed by atoms with E-state index < -0.39 is 10.0 Å². The van der Waals surface area contributed by atoms with Gasteiger partial charge < -0.3 is 20.1 Å². The van der Waals surface area contributed by atoms with Crippen LogP contribution in [0.2, 0.25) is 0 Å². The van der Waals surface area contributed by atoms with Gasteiger partial charge in [-0.3, -0.25) is 0 Å². The van der Waals surface area contributed by atoms with Crippen molar-refractivity contribution in [1.82, 2.24) is 34.1 Å². The molecule has 2 fully saturated rings. The summed E-state index contributed by atoms with van der Waals surface area (Å²) >= 11 is 0. The molecule has 11 nitrogen and oxygen atoms in total. The van der Waals surface area contributed by atoms with Crippen molar-refractivity contribution in [2.24, 2.45) is 0 Å². The van der Waals surface area contributed by atoms with Crippen LogP contribution in [0.3, 0.4) is 0 Å². The lowest BCUT2D eigenvalue weighted by molar-refractivity contribution is 0.249. The number of sulfonamides is 1. The molecule has 0 unspecified atom stereocenters. The van der Waals surface area contributed by atoms with E-state index in [-0.39, 0.29) is 7.47 Å². The minimum atomic E-state index is -3.25. The van der Waals surface area contributed by atoms with Crippen LogP contribution in [-0.2, 0) is 10.0 Å². The van der Waals surface area contributed by atoms with Crippen molar-refractivity contribution in [3.05, 3.63) is 24.7 Å². The Kier molecular flexibility index (Phi) is 6.60.